The molecular formula is C30H35Cl2NO6S. The van der Waals surface area contributed by atoms with Gasteiger partial charge in [-0.25, -0.2) is 8.42 Å². The maximum Gasteiger partial charge on any atom is 0.304 e. The van der Waals surface area contributed by atoms with Gasteiger partial charge >= 0.3 is 5.97 Å². The Morgan fingerprint density at radius 1 is 1.10 bits per heavy atom. The molecule has 0 radical (unpaired) electrons. The van der Waals surface area contributed by atoms with Crippen LogP contribution in [0.5, 0.6) is 0 Å². The van der Waals surface area contributed by atoms with Crippen molar-refractivity contribution in [2.24, 2.45) is 16.7 Å². The Balaban J connectivity index is 1.62. The van der Waals surface area contributed by atoms with Crippen molar-refractivity contribution in [3.63, 3.8) is 0 Å². The number of carboxylic acid groups (broad SMARTS) is 1. The first kappa shape index (κ1) is 29.4. The second-order valence-corrected chi connectivity index (χ2v) is 15.6. The molecular weight excluding hydrogens is 573 g/mol. The normalized spacial score (nSPS) is 27.8. The summed E-state index contributed by atoms with van der Waals surface area (Å²) >= 11 is 12.6. The van der Waals surface area contributed by atoms with Crippen molar-refractivity contribution in [1.29, 1.82) is 0 Å². The molecule has 1 saturated carbocycles. The minimum Gasteiger partial charge on any atom is -0.481 e. The maximum absolute atomic E-state index is 14.7. The van der Waals surface area contributed by atoms with E-state index >= 15 is 0 Å². The van der Waals surface area contributed by atoms with Crippen molar-refractivity contribution in [2.45, 2.75) is 62.7 Å². The Hall–Kier alpha value is -2.13. The van der Waals surface area contributed by atoms with E-state index < -0.39 is 37.4 Å². The number of benzene rings is 2. The lowest BCUT2D eigenvalue weighted by Crippen LogP contribution is -2.58. The van der Waals surface area contributed by atoms with Gasteiger partial charge in [0.15, 0.2) is 9.84 Å². The van der Waals surface area contributed by atoms with E-state index in [1.165, 1.54) is 0 Å². The van der Waals surface area contributed by atoms with Crippen LogP contribution in [0.15, 0.2) is 48.5 Å². The predicted octanol–water partition coefficient (Wildman–Crippen LogP) is 5.59. The van der Waals surface area contributed by atoms with E-state index in [9.17, 15) is 23.1 Å². The molecule has 216 valence electrons. The van der Waals surface area contributed by atoms with Crippen LogP contribution in [0.3, 0.4) is 0 Å². The average molecular weight is 609 g/mol. The molecule has 10 heteroatoms. The number of sulfone groups is 1. The third-order valence-electron chi connectivity index (χ3n) is 8.93. The maximum atomic E-state index is 14.7. The second kappa shape index (κ2) is 10.6. The molecule has 3 aliphatic rings. The first-order chi connectivity index (χ1) is 18.8. The number of hydrogen-bond donors (Lipinski definition) is 2. The highest BCUT2D eigenvalue weighted by Gasteiger charge is 2.60. The molecule has 2 heterocycles. The highest BCUT2D eigenvalue weighted by Crippen LogP contribution is 2.57. The molecule has 3 fully saturated rings. The summed E-state index contributed by atoms with van der Waals surface area (Å²) < 4.78 is 33.4. The van der Waals surface area contributed by atoms with Crippen molar-refractivity contribution in [2.75, 3.05) is 19.0 Å². The highest BCUT2D eigenvalue weighted by atomic mass is 35.5. The van der Waals surface area contributed by atoms with Gasteiger partial charge < -0.3 is 15.2 Å². The van der Waals surface area contributed by atoms with Gasteiger partial charge in [0, 0.05) is 27.4 Å². The number of ether oxygens (including phenoxy) is 1. The number of carbonyl (C=O) groups is 2. The first-order valence-electron chi connectivity index (χ1n) is 13.6. The quantitative estimate of drug-likeness (QED) is 0.364. The lowest BCUT2D eigenvalue weighted by atomic mass is 9.67. The molecule has 5 rings (SSSR count). The van der Waals surface area contributed by atoms with Crippen LogP contribution in [0.1, 0.15) is 63.0 Å². The summed E-state index contributed by atoms with van der Waals surface area (Å²) in [5.74, 6) is -1.93. The summed E-state index contributed by atoms with van der Waals surface area (Å²) in [7, 11) is -3.78. The molecule has 1 amide bonds. The number of hydrogen-bond acceptors (Lipinski definition) is 5. The fourth-order valence-electron chi connectivity index (χ4n) is 6.74. The molecule has 2 aliphatic heterocycles. The number of halogens is 2. The van der Waals surface area contributed by atoms with Crippen molar-refractivity contribution < 1.29 is 27.9 Å². The smallest absolute Gasteiger partial charge is 0.304 e. The Morgan fingerprint density at radius 2 is 1.77 bits per heavy atom. The third kappa shape index (κ3) is 5.52. The van der Waals surface area contributed by atoms with Gasteiger partial charge in [0.05, 0.1) is 30.8 Å². The molecule has 2 aromatic carbocycles. The second-order valence-electron chi connectivity index (χ2n) is 12.5. The zero-order valence-corrected chi connectivity index (χ0v) is 25.0. The Morgan fingerprint density at radius 3 is 2.33 bits per heavy atom. The summed E-state index contributed by atoms with van der Waals surface area (Å²) in [6.07, 6.45) is 1.60. The van der Waals surface area contributed by atoms with Crippen LogP contribution in [-0.4, -0.2) is 50.4 Å². The van der Waals surface area contributed by atoms with Gasteiger partial charge in [0.25, 0.3) is 0 Å². The molecule has 0 spiro atoms. The summed E-state index contributed by atoms with van der Waals surface area (Å²) in [5, 5.41) is 13.7. The minimum absolute atomic E-state index is 0.0294. The minimum atomic E-state index is -3.78. The van der Waals surface area contributed by atoms with E-state index in [0.717, 1.165) is 18.4 Å². The van der Waals surface area contributed by atoms with Crippen LogP contribution in [0.2, 0.25) is 10.0 Å². The summed E-state index contributed by atoms with van der Waals surface area (Å²) in [5.41, 5.74) is -0.131. The number of aliphatic carboxylic acids is 1. The van der Waals surface area contributed by atoms with Gasteiger partial charge in [-0.15, -0.1) is 0 Å². The van der Waals surface area contributed by atoms with Gasteiger partial charge in [-0.05, 0) is 67.0 Å². The number of rotatable bonds is 10. The van der Waals surface area contributed by atoms with E-state index in [2.05, 4.69) is 5.32 Å². The fourth-order valence-corrected chi connectivity index (χ4v) is 10.1. The van der Waals surface area contributed by atoms with Gasteiger partial charge in [-0.3, -0.25) is 9.59 Å². The largest absolute Gasteiger partial charge is 0.481 e. The van der Waals surface area contributed by atoms with E-state index in [1.54, 1.807) is 37.3 Å². The molecule has 2 saturated heterocycles. The van der Waals surface area contributed by atoms with E-state index in [4.69, 9.17) is 27.9 Å². The molecule has 2 aromatic rings. The van der Waals surface area contributed by atoms with Gasteiger partial charge in [0.2, 0.25) is 5.91 Å². The SMILES string of the molecule is CC1(CS(=O)(=O)C(CC2NC(=O)C(C)(CC(=O)O)CC2c2cccc(Cl)c2)(c2ccc(Cl)cc2)C2CC2)COC1. The summed E-state index contributed by atoms with van der Waals surface area (Å²) in [6.45, 7) is 4.35. The zero-order chi connectivity index (χ0) is 28.9. The Bertz CT molecular complexity index is 1410. The highest BCUT2D eigenvalue weighted by molar-refractivity contribution is 7.92. The lowest BCUT2D eigenvalue weighted by molar-refractivity contribution is -0.147. The summed E-state index contributed by atoms with van der Waals surface area (Å²) in [4.78, 5) is 25.2. The number of amides is 1. The summed E-state index contributed by atoms with van der Waals surface area (Å²) in [6, 6.07) is 13.8. The van der Waals surface area contributed by atoms with Crippen LogP contribution in [0.4, 0.5) is 0 Å². The zero-order valence-electron chi connectivity index (χ0n) is 22.7. The molecule has 7 nitrogen and oxygen atoms in total. The lowest BCUT2D eigenvalue weighted by Gasteiger charge is -2.47. The number of carboxylic acids is 1. The van der Waals surface area contributed by atoms with Gasteiger partial charge in [0.1, 0.15) is 4.75 Å². The number of nitrogens with one attached hydrogen (secondary N) is 1. The van der Waals surface area contributed by atoms with Crippen LogP contribution in [0.25, 0.3) is 0 Å². The average Bonchev–Trinajstić information content (AvgIpc) is 3.69. The molecule has 40 heavy (non-hydrogen) atoms. The van der Waals surface area contributed by atoms with Gasteiger partial charge in [-0.2, -0.15) is 0 Å². The van der Waals surface area contributed by atoms with Crippen LogP contribution in [0, 0.1) is 16.7 Å². The van der Waals surface area contributed by atoms with Crippen LogP contribution in [-0.2, 0) is 28.9 Å². The molecule has 4 atom stereocenters. The topological polar surface area (TPSA) is 110 Å². The van der Waals surface area contributed by atoms with E-state index in [0.29, 0.717) is 28.8 Å². The monoisotopic (exact) mass is 607 g/mol. The fraction of sp³-hybridized carbons (Fsp3) is 0.533. The van der Waals surface area contributed by atoms with Crippen LogP contribution < -0.4 is 5.32 Å². The standard InChI is InChI=1S/C30H35Cl2NO6S/c1-28(16-39-17-28)18-40(37,38)30(20-6-7-20,21-8-10-22(31)11-9-21)14-25-24(19-4-3-5-23(32)12-19)13-29(2,15-26(34)35)27(36)33-25/h3-5,8-12,20,24-25H,6-7,13-18H2,1-2H3,(H,33,36)(H,34,35). The van der Waals surface area contributed by atoms with Crippen molar-refractivity contribution in [3.8, 4) is 0 Å². The Kier molecular flexibility index (Phi) is 7.79. The van der Waals surface area contributed by atoms with Crippen LogP contribution >= 0.6 is 23.2 Å². The van der Waals surface area contributed by atoms with Crippen molar-refractivity contribution in [1.82, 2.24) is 5.32 Å². The Labute approximate surface area is 245 Å². The molecule has 0 bridgehead atoms. The molecule has 2 N–H and O–H groups in total. The molecule has 0 aromatic heterocycles. The number of carbonyl (C=O) groups excluding carboxylic acids is 1. The van der Waals surface area contributed by atoms with E-state index in [1.807, 2.05) is 25.1 Å². The molecule has 4 unspecified atom stereocenters. The van der Waals surface area contributed by atoms with Crippen molar-refractivity contribution in [3.05, 3.63) is 69.7 Å². The van der Waals surface area contributed by atoms with E-state index in [-0.39, 0.29) is 42.8 Å². The predicted molar refractivity (Wildman–Crippen MR) is 154 cm³/mol. The number of piperidine rings is 1. The molecule has 1 aliphatic carbocycles. The van der Waals surface area contributed by atoms with Crippen molar-refractivity contribution >= 4 is 44.9 Å². The third-order valence-corrected chi connectivity index (χ3v) is 12.3. The van der Waals surface area contributed by atoms with Gasteiger partial charge in [-0.1, -0.05) is 61.3 Å². The first-order valence-corrected chi connectivity index (χ1v) is 16.0.